The van der Waals surface area contributed by atoms with Crippen LogP contribution in [0.15, 0.2) is 60.8 Å². The van der Waals surface area contributed by atoms with Gasteiger partial charge >= 0.3 is 19.8 Å². The Hall–Kier alpha value is -2.29. The van der Waals surface area contributed by atoms with Crippen LogP contribution in [-0.4, -0.2) is 74.9 Å². The van der Waals surface area contributed by atoms with E-state index < -0.39 is 32.5 Å². The van der Waals surface area contributed by atoms with Gasteiger partial charge < -0.3 is 18.9 Å². The van der Waals surface area contributed by atoms with E-state index in [0.717, 1.165) is 57.8 Å². The Bertz CT molecular complexity index is 949. The first kappa shape index (κ1) is 41.7. The number of phosphoric acid groups is 1. The minimum atomic E-state index is -4.38. The minimum Gasteiger partial charge on any atom is -0.462 e. The van der Waals surface area contributed by atoms with E-state index in [1.54, 1.807) is 6.08 Å². The molecule has 0 bridgehead atoms. The lowest BCUT2D eigenvalue weighted by Gasteiger charge is -2.24. The first-order chi connectivity index (χ1) is 21.0. The lowest BCUT2D eigenvalue weighted by molar-refractivity contribution is -0.870. The Morgan fingerprint density at radius 3 is 1.82 bits per heavy atom. The van der Waals surface area contributed by atoms with E-state index in [9.17, 15) is 19.0 Å². The van der Waals surface area contributed by atoms with Crippen molar-refractivity contribution in [1.82, 2.24) is 0 Å². The van der Waals surface area contributed by atoms with E-state index in [1.807, 2.05) is 33.3 Å². The monoisotopic (exact) mass is 640 g/mol. The molecule has 0 aliphatic rings. The lowest BCUT2D eigenvalue weighted by atomic mass is 10.1. The number of allylic oxidation sites excluding steroid dienone is 9. The van der Waals surface area contributed by atoms with Crippen LogP contribution >= 0.6 is 7.82 Å². The van der Waals surface area contributed by atoms with Gasteiger partial charge in [0.05, 0.1) is 34.2 Å². The third kappa shape index (κ3) is 29.8. The molecule has 0 fully saturated rings. The normalized spacial score (nSPS) is 14.8. The van der Waals surface area contributed by atoms with Crippen molar-refractivity contribution in [3.8, 4) is 0 Å². The number of quaternary nitrogens is 1. The van der Waals surface area contributed by atoms with Crippen molar-refractivity contribution in [2.45, 2.75) is 97.0 Å². The molecule has 0 spiro atoms. The molecule has 1 N–H and O–H groups in total. The molecule has 0 aromatic carbocycles. The number of carbonyl (C=O) groups excluding carboxylic acids is 2. The van der Waals surface area contributed by atoms with Gasteiger partial charge in [-0.05, 0) is 38.5 Å². The fourth-order valence-electron chi connectivity index (χ4n) is 3.56. The van der Waals surface area contributed by atoms with Crippen LogP contribution in [0.25, 0.3) is 0 Å². The molecule has 0 aliphatic heterocycles. The number of carbonyl (C=O) groups is 2. The molecule has 0 saturated heterocycles. The maximum atomic E-state index is 12.4. The topological polar surface area (TPSA) is 108 Å². The van der Waals surface area contributed by atoms with Gasteiger partial charge in [0.25, 0.3) is 0 Å². The average molecular weight is 641 g/mol. The summed E-state index contributed by atoms with van der Waals surface area (Å²) in [6, 6.07) is 0. The summed E-state index contributed by atoms with van der Waals surface area (Å²) >= 11 is 0. The quantitative estimate of drug-likeness (QED) is 0.0319. The number of rotatable bonds is 27. The van der Waals surface area contributed by atoms with Crippen LogP contribution in [0.4, 0.5) is 0 Å². The molecule has 0 saturated carbocycles. The molecule has 2 unspecified atom stereocenters. The second-order valence-electron chi connectivity index (χ2n) is 11.5. The van der Waals surface area contributed by atoms with Crippen molar-refractivity contribution in [1.29, 1.82) is 0 Å². The zero-order valence-electron chi connectivity index (χ0n) is 27.9. The molecule has 0 aromatic rings. The highest BCUT2D eigenvalue weighted by Gasteiger charge is 2.26. The van der Waals surface area contributed by atoms with E-state index >= 15 is 0 Å². The van der Waals surface area contributed by atoms with E-state index in [4.69, 9.17) is 18.5 Å². The first-order valence-electron chi connectivity index (χ1n) is 16.0. The molecular formula is C34H59NO8P+. The Labute approximate surface area is 266 Å². The summed E-state index contributed by atoms with van der Waals surface area (Å²) < 4.78 is 33.7. The molecule has 2 atom stereocenters. The molecule has 0 radical (unpaired) electrons. The predicted octanol–water partition coefficient (Wildman–Crippen LogP) is 7.78. The summed E-state index contributed by atoms with van der Waals surface area (Å²) in [6.45, 7) is 4.04. The van der Waals surface area contributed by atoms with Gasteiger partial charge in [0.15, 0.2) is 6.10 Å². The number of unbranched alkanes of at least 4 members (excludes halogenated alkanes) is 4. The molecule has 0 aromatic heterocycles. The fourth-order valence-corrected chi connectivity index (χ4v) is 4.30. The number of esters is 2. The van der Waals surface area contributed by atoms with Gasteiger partial charge in [-0.25, -0.2) is 4.57 Å². The van der Waals surface area contributed by atoms with Crippen LogP contribution in [0.3, 0.4) is 0 Å². The molecule has 0 rings (SSSR count). The van der Waals surface area contributed by atoms with Crippen LogP contribution in [0.5, 0.6) is 0 Å². The van der Waals surface area contributed by atoms with Crippen LogP contribution in [-0.2, 0) is 32.7 Å². The van der Waals surface area contributed by atoms with Crippen molar-refractivity contribution in [2.24, 2.45) is 0 Å². The SMILES string of the molecule is CC/C=C\C/C=C\C/C=C\C/C=C\C/C=C\CC(=O)OC(COC(=O)CCCCCCC)COP(=O)(O)OCC[N+](C)(C)C. The van der Waals surface area contributed by atoms with Crippen LogP contribution in [0.1, 0.15) is 90.9 Å². The first-order valence-corrected chi connectivity index (χ1v) is 17.5. The number of hydrogen-bond donors (Lipinski definition) is 1. The van der Waals surface area contributed by atoms with Gasteiger partial charge in [0.1, 0.15) is 19.8 Å². The summed E-state index contributed by atoms with van der Waals surface area (Å²) in [6.07, 6.45) is 29.2. The third-order valence-corrected chi connectivity index (χ3v) is 7.08. The standard InChI is InChI=1S/C34H58NO8P/c1-6-8-10-12-13-14-15-16-17-18-19-20-21-23-25-27-34(37)43-32(30-40-33(36)26-24-22-11-9-7-2)31-42-44(38,39)41-29-28-35(3,4)5/h8,10,13-14,16-17,19-20,23,25,32H,6-7,9,11-12,15,18,21-22,24,26-31H2,1-5H3/p+1/b10-8-,14-13-,17-16-,20-19-,25-23-. The van der Waals surface area contributed by atoms with Crippen LogP contribution in [0.2, 0.25) is 0 Å². The fraction of sp³-hybridized carbons (Fsp3) is 0.647. The zero-order chi connectivity index (χ0) is 32.9. The maximum Gasteiger partial charge on any atom is 0.472 e. The Morgan fingerprint density at radius 2 is 1.27 bits per heavy atom. The highest BCUT2D eigenvalue weighted by Crippen LogP contribution is 2.43. The zero-order valence-corrected chi connectivity index (χ0v) is 28.8. The van der Waals surface area contributed by atoms with Crippen LogP contribution in [0, 0.1) is 0 Å². The summed E-state index contributed by atoms with van der Waals surface area (Å²) in [4.78, 5) is 34.7. The predicted molar refractivity (Wildman–Crippen MR) is 178 cm³/mol. The Morgan fingerprint density at radius 1 is 0.727 bits per heavy atom. The van der Waals surface area contributed by atoms with Gasteiger partial charge in [-0.3, -0.25) is 18.6 Å². The molecule has 44 heavy (non-hydrogen) atoms. The number of likely N-dealkylation sites (N-methyl/N-ethyl adjacent to an activating group) is 1. The van der Waals surface area contributed by atoms with Gasteiger partial charge in [-0.2, -0.15) is 0 Å². The van der Waals surface area contributed by atoms with Crippen molar-refractivity contribution < 1.29 is 42.1 Å². The number of nitrogens with zero attached hydrogens (tertiary/aromatic N) is 1. The summed E-state index contributed by atoms with van der Waals surface area (Å²) in [7, 11) is 1.40. The summed E-state index contributed by atoms with van der Waals surface area (Å²) in [5.41, 5.74) is 0. The average Bonchev–Trinajstić information content (AvgIpc) is 2.95. The molecular weight excluding hydrogens is 581 g/mol. The highest BCUT2D eigenvalue weighted by molar-refractivity contribution is 7.47. The molecule has 0 amide bonds. The van der Waals surface area contributed by atoms with Crippen molar-refractivity contribution in [3.63, 3.8) is 0 Å². The minimum absolute atomic E-state index is 0.00613. The maximum absolute atomic E-state index is 12.4. The Kier molecular flexibility index (Phi) is 25.6. The largest absolute Gasteiger partial charge is 0.472 e. The van der Waals surface area contributed by atoms with Gasteiger partial charge in [-0.15, -0.1) is 0 Å². The number of phosphoric ester groups is 1. The summed E-state index contributed by atoms with van der Waals surface area (Å²) in [5, 5.41) is 0. The number of ether oxygens (including phenoxy) is 2. The van der Waals surface area contributed by atoms with Crippen molar-refractivity contribution in [2.75, 3.05) is 47.5 Å². The van der Waals surface area contributed by atoms with E-state index in [0.29, 0.717) is 17.4 Å². The van der Waals surface area contributed by atoms with Gasteiger partial charge in [-0.1, -0.05) is 100 Å². The second-order valence-corrected chi connectivity index (χ2v) is 12.9. The Balaban J connectivity index is 4.65. The lowest BCUT2D eigenvalue weighted by Crippen LogP contribution is -2.37. The third-order valence-electron chi connectivity index (χ3n) is 6.10. The van der Waals surface area contributed by atoms with E-state index in [2.05, 4.69) is 56.4 Å². The molecule has 9 nitrogen and oxygen atoms in total. The van der Waals surface area contributed by atoms with Gasteiger partial charge in [0, 0.05) is 6.42 Å². The van der Waals surface area contributed by atoms with E-state index in [1.165, 1.54) is 0 Å². The van der Waals surface area contributed by atoms with Crippen LogP contribution < -0.4 is 0 Å². The molecule has 0 aliphatic carbocycles. The van der Waals surface area contributed by atoms with Crippen molar-refractivity contribution in [3.05, 3.63) is 60.8 Å². The summed E-state index contributed by atoms with van der Waals surface area (Å²) in [5.74, 6) is -0.971. The van der Waals surface area contributed by atoms with Gasteiger partial charge in [0.2, 0.25) is 0 Å². The molecule has 10 heteroatoms. The smallest absolute Gasteiger partial charge is 0.462 e. The van der Waals surface area contributed by atoms with E-state index in [-0.39, 0.29) is 26.1 Å². The van der Waals surface area contributed by atoms with Crippen molar-refractivity contribution >= 4 is 19.8 Å². The molecule has 0 heterocycles. The second kappa shape index (κ2) is 27.1. The molecule has 252 valence electrons. The number of hydrogen-bond acceptors (Lipinski definition) is 7. The highest BCUT2D eigenvalue weighted by atomic mass is 31.2.